The molecule has 182 valence electrons. The highest BCUT2D eigenvalue weighted by atomic mass is 16.5. The molecule has 1 fully saturated rings. The molecule has 1 aromatic carbocycles. The molecule has 5 rings (SSSR count). The average molecular weight is 479 g/mol. The fraction of sp³-hybridized carbons (Fsp3) is 0.333. The number of nitrogens with one attached hydrogen (secondary N) is 2. The predicted molar refractivity (Wildman–Crippen MR) is 128 cm³/mol. The van der Waals surface area contributed by atoms with E-state index in [2.05, 4.69) is 25.5 Å². The van der Waals surface area contributed by atoms with Crippen LogP contribution >= 0.6 is 0 Å². The summed E-state index contributed by atoms with van der Waals surface area (Å²) in [6.45, 7) is 4.55. The summed E-state index contributed by atoms with van der Waals surface area (Å²) in [4.78, 5) is 37.7. The summed E-state index contributed by atoms with van der Waals surface area (Å²) in [5.41, 5.74) is 2.82. The molecule has 0 radical (unpaired) electrons. The number of methoxy groups -OCH3 is 1. The molecular formula is C24H26N6O5. The van der Waals surface area contributed by atoms with Crippen LogP contribution in [0.3, 0.4) is 0 Å². The van der Waals surface area contributed by atoms with E-state index in [0.29, 0.717) is 30.2 Å². The first-order chi connectivity index (χ1) is 17.1. The van der Waals surface area contributed by atoms with Crippen molar-refractivity contribution in [1.82, 2.24) is 15.3 Å². The van der Waals surface area contributed by atoms with Gasteiger partial charge in [0.15, 0.2) is 0 Å². The Labute approximate surface area is 202 Å². The van der Waals surface area contributed by atoms with Gasteiger partial charge in [-0.25, -0.2) is 4.98 Å². The van der Waals surface area contributed by atoms with E-state index in [1.807, 2.05) is 12.1 Å². The van der Waals surface area contributed by atoms with Crippen molar-refractivity contribution in [3.63, 3.8) is 0 Å². The van der Waals surface area contributed by atoms with Crippen molar-refractivity contribution < 1.29 is 23.5 Å². The summed E-state index contributed by atoms with van der Waals surface area (Å²) in [5, 5.41) is 6.17. The van der Waals surface area contributed by atoms with Gasteiger partial charge in [-0.15, -0.1) is 0 Å². The highest BCUT2D eigenvalue weighted by Crippen LogP contribution is 2.31. The van der Waals surface area contributed by atoms with E-state index in [1.165, 1.54) is 11.1 Å². The predicted octanol–water partition coefficient (Wildman–Crippen LogP) is 1.92. The van der Waals surface area contributed by atoms with Crippen LogP contribution in [-0.4, -0.2) is 68.3 Å². The van der Waals surface area contributed by atoms with Crippen LogP contribution in [-0.2, 0) is 11.3 Å². The number of nitrogens with zero attached hydrogens (tertiary/aromatic N) is 4. The molecule has 2 N–H and O–H groups in total. The summed E-state index contributed by atoms with van der Waals surface area (Å²) in [6, 6.07) is 7.22. The van der Waals surface area contributed by atoms with Gasteiger partial charge in [0.1, 0.15) is 12.4 Å². The van der Waals surface area contributed by atoms with Gasteiger partial charge in [-0.1, -0.05) is 0 Å². The van der Waals surface area contributed by atoms with Crippen LogP contribution in [0.1, 0.15) is 26.5 Å². The van der Waals surface area contributed by atoms with Crippen molar-refractivity contribution in [2.75, 3.05) is 61.6 Å². The SMILES string of the molecule is COCCOc1ccc2c(c1)CN(c1ncc(C(=O)Nc3cnccc3N3CCNCC3)o1)C2=O. The van der Waals surface area contributed by atoms with Gasteiger partial charge in [0.05, 0.1) is 36.9 Å². The van der Waals surface area contributed by atoms with Crippen LogP contribution in [0.25, 0.3) is 0 Å². The van der Waals surface area contributed by atoms with Gasteiger partial charge >= 0.3 is 6.01 Å². The minimum absolute atomic E-state index is 0.00228. The molecular weight excluding hydrogens is 452 g/mol. The van der Waals surface area contributed by atoms with Crippen molar-refractivity contribution in [1.29, 1.82) is 0 Å². The molecule has 1 saturated heterocycles. The highest BCUT2D eigenvalue weighted by molar-refractivity contribution is 6.09. The third-order valence-corrected chi connectivity index (χ3v) is 5.89. The largest absolute Gasteiger partial charge is 0.491 e. The number of benzene rings is 1. The molecule has 11 heteroatoms. The summed E-state index contributed by atoms with van der Waals surface area (Å²) < 4.78 is 16.3. The third kappa shape index (κ3) is 4.81. The minimum Gasteiger partial charge on any atom is -0.491 e. The number of piperazine rings is 1. The number of fused-ring (bicyclic) bond motifs is 1. The molecule has 0 aliphatic carbocycles. The molecule has 2 amide bonds. The second-order valence-corrected chi connectivity index (χ2v) is 8.14. The molecule has 2 aromatic heterocycles. The van der Waals surface area contributed by atoms with Crippen LogP contribution in [0.2, 0.25) is 0 Å². The quantitative estimate of drug-likeness (QED) is 0.468. The third-order valence-electron chi connectivity index (χ3n) is 5.89. The van der Waals surface area contributed by atoms with Crippen LogP contribution in [0.4, 0.5) is 17.4 Å². The Bertz CT molecular complexity index is 1220. The Morgan fingerprint density at radius 3 is 2.89 bits per heavy atom. The Balaban J connectivity index is 1.28. The van der Waals surface area contributed by atoms with E-state index >= 15 is 0 Å². The van der Waals surface area contributed by atoms with Crippen LogP contribution in [0, 0.1) is 0 Å². The second kappa shape index (κ2) is 10.1. The van der Waals surface area contributed by atoms with E-state index < -0.39 is 5.91 Å². The van der Waals surface area contributed by atoms with Gasteiger partial charge in [-0.05, 0) is 29.8 Å². The molecule has 2 aliphatic rings. The first kappa shape index (κ1) is 22.8. The maximum absolute atomic E-state index is 12.9. The monoisotopic (exact) mass is 478 g/mol. The summed E-state index contributed by atoms with van der Waals surface area (Å²) in [6.07, 6.45) is 4.63. The number of ether oxygens (including phenoxy) is 2. The first-order valence-electron chi connectivity index (χ1n) is 11.4. The van der Waals surface area contributed by atoms with Gasteiger partial charge < -0.3 is 29.4 Å². The number of carbonyl (C=O) groups excluding carboxylic acids is 2. The fourth-order valence-electron chi connectivity index (χ4n) is 4.13. The highest BCUT2D eigenvalue weighted by Gasteiger charge is 2.32. The van der Waals surface area contributed by atoms with E-state index in [4.69, 9.17) is 13.9 Å². The lowest BCUT2D eigenvalue weighted by Gasteiger charge is -2.30. The number of carbonyl (C=O) groups is 2. The zero-order valence-electron chi connectivity index (χ0n) is 19.3. The van der Waals surface area contributed by atoms with Crippen molar-refractivity contribution in [3.05, 3.63) is 59.7 Å². The van der Waals surface area contributed by atoms with E-state index in [-0.39, 0.29) is 24.2 Å². The van der Waals surface area contributed by atoms with Crippen LogP contribution in [0.15, 0.2) is 47.3 Å². The topological polar surface area (TPSA) is 122 Å². The molecule has 2 aliphatic heterocycles. The smallest absolute Gasteiger partial charge is 0.305 e. The summed E-state index contributed by atoms with van der Waals surface area (Å²) in [5.74, 6) is -0.0567. The number of pyridine rings is 1. The van der Waals surface area contributed by atoms with Crippen LogP contribution in [0.5, 0.6) is 5.75 Å². The average Bonchev–Trinajstić information content (AvgIpc) is 3.50. The van der Waals surface area contributed by atoms with Gasteiger partial charge in [0.25, 0.3) is 11.8 Å². The standard InChI is InChI=1S/C24H26N6O5/c1-33-10-11-34-17-2-3-18-16(12-17)15-30(23(18)32)24-27-14-21(35-24)22(31)28-19-13-26-5-4-20(19)29-8-6-25-7-9-29/h2-5,12-14,25H,6-11,15H2,1H3,(H,28,31). The van der Waals surface area contributed by atoms with Crippen LogP contribution < -0.4 is 25.2 Å². The molecule has 4 heterocycles. The molecule has 0 atom stereocenters. The molecule has 11 nitrogen and oxygen atoms in total. The Morgan fingerprint density at radius 1 is 1.20 bits per heavy atom. The summed E-state index contributed by atoms with van der Waals surface area (Å²) in [7, 11) is 1.61. The molecule has 0 spiro atoms. The number of amides is 2. The van der Waals surface area contributed by atoms with Gasteiger partial charge in [0, 0.05) is 45.0 Å². The zero-order valence-corrected chi connectivity index (χ0v) is 19.3. The fourth-order valence-corrected chi connectivity index (χ4v) is 4.13. The van der Waals surface area contributed by atoms with Crippen molar-refractivity contribution in [2.24, 2.45) is 0 Å². The molecule has 0 saturated carbocycles. The zero-order chi connectivity index (χ0) is 24.2. The van der Waals surface area contributed by atoms with Gasteiger partial charge in [0.2, 0.25) is 5.76 Å². The first-order valence-corrected chi connectivity index (χ1v) is 11.4. The number of anilines is 3. The number of rotatable bonds is 8. The van der Waals surface area contributed by atoms with Gasteiger partial charge in [-0.3, -0.25) is 19.5 Å². The number of hydrogen-bond acceptors (Lipinski definition) is 9. The molecule has 0 unspecified atom stereocenters. The minimum atomic E-state index is -0.467. The Hall–Kier alpha value is -3.96. The second-order valence-electron chi connectivity index (χ2n) is 8.14. The Morgan fingerprint density at radius 2 is 2.06 bits per heavy atom. The number of oxazole rings is 1. The Kier molecular flexibility index (Phi) is 6.59. The molecule has 3 aromatic rings. The number of hydrogen-bond donors (Lipinski definition) is 2. The van der Waals surface area contributed by atoms with Gasteiger partial charge in [-0.2, -0.15) is 0 Å². The lowest BCUT2D eigenvalue weighted by atomic mass is 10.1. The maximum Gasteiger partial charge on any atom is 0.305 e. The molecule has 35 heavy (non-hydrogen) atoms. The summed E-state index contributed by atoms with van der Waals surface area (Å²) >= 11 is 0. The lowest BCUT2D eigenvalue weighted by molar-refractivity contribution is 0.0974. The molecule has 0 bridgehead atoms. The number of aromatic nitrogens is 2. The van der Waals surface area contributed by atoms with Crippen molar-refractivity contribution in [2.45, 2.75) is 6.54 Å². The van der Waals surface area contributed by atoms with E-state index in [0.717, 1.165) is 37.4 Å². The van der Waals surface area contributed by atoms with Crippen molar-refractivity contribution in [3.8, 4) is 5.75 Å². The maximum atomic E-state index is 12.9. The van der Waals surface area contributed by atoms with E-state index in [9.17, 15) is 9.59 Å². The lowest BCUT2D eigenvalue weighted by Crippen LogP contribution is -2.43. The van der Waals surface area contributed by atoms with Crippen molar-refractivity contribution >= 4 is 29.2 Å². The normalized spacial score (nSPS) is 15.3. The van der Waals surface area contributed by atoms with E-state index in [1.54, 1.807) is 31.6 Å².